The van der Waals surface area contributed by atoms with Gasteiger partial charge in [-0.15, -0.1) is 11.3 Å². The Hall–Kier alpha value is -2.35. The van der Waals surface area contributed by atoms with E-state index in [9.17, 15) is 9.59 Å². The third-order valence-corrected chi connectivity index (χ3v) is 6.17. The van der Waals surface area contributed by atoms with Gasteiger partial charge in [-0.1, -0.05) is 29.3 Å². The van der Waals surface area contributed by atoms with Crippen molar-refractivity contribution in [1.82, 2.24) is 4.98 Å². The average Bonchev–Trinajstić information content (AvgIpc) is 3.06. The predicted octanol–water partition coefficient (Wildman–Crippen LogP) is 4.68. The number of hydrogen-bond donors (Lipinski definition) is 1. The Morgan fingerprint density at radius 1 is 1.29 bits per heavy atom. The average molecular weight is 437 g/mol. The van der Waals surface area contributed by atoms with E-state index in [1.165, 1.54) is 16.2 Å². The second kappa shape index (κ2) is 7.24. The number of aryl methyl sites for hydroxylation is 1. The van der Waals surface area contributed by atoms with Crippen molar-refractivity contribution in [2.24, 2.45) is 0 Å². The molecule has 0 spiro atoms. The predicted molar refractivity (Wildman–Crippen MR) is 109 cm³/mol. The lowest BCUT2D eigenvalue weighted by Crippen LogP contribution is -2.46. The van der Waals surface area contributed by atoms with Crippen LogP contribution in [-0.4, -0.2) is 28.1 Å². The minimum Gasteiger partial charge on any atom is -0.481 e. The fourth-order valence-electron chi connectivity index (χ4n) is 3.08. The number of benzene rings is 2. The normalized spacial score (nSPS) is 16.2. The zero-order chi connectivity index (χ0) is 20.0. The van der Waals surface area contributed by atoms with Gasteiger partial charge in [-0.05, 0) is 36.8 Å². The second-order valence-electron chi connectivity index (χ2n) is 6.41. The van der Waals surface area contributed by atoms with Gasteiger partial charge >= 0.3 is 5.97 Å². The van der Waals surface area contributed by atoms with E-state index in [0.29, 0.717) is 32.0 Å². The van der Waals surface area contributed by atoms with E-state index in [1.807, 2.05) is 13.0 Å². The van der Waals surface area contributed by atoms with Gasteiger partial charge in [0.05, 0.1) is 33.4 Å². The van der Waals surface area contributed by atoms with E-state index in [1.54, 1.807) is 24.3 Å². The standard InChI is InChI=1S/C19H14Cl2N2O4S/c1-9-2-5-12-13(6-9)27-14(7-16(24)25)19(26)23(12)8-15-22-17-10(20)3-4-11(21)18(17)28-15/h2-6,14H,7-8H2,1H3,(H,24,25). The van der Waals surface area contributed by atoms with E-state index in [4.69, 9.17) is 33.0 Å². The molecule has 0 saturated carbocycles. The number of fused-ring (bicyclic) bond motifs is 2. The smallest absolute Gasteiger partial charge is 0.307 e. The summed E-state index contributed by atoms with van der Waals surface area (Å²) in [4.78, 5) is 30.1. The molecule has 2 heterocycles. The molecule has 144 valence electrons. The summed E-state index contributed by atoms with van der Waals surface area (Å²) in [6.07, 6.45) is -1.51. The van der Waals surface area contributed by atoms with E-state index < -0.39 is 24.4 Å². The fourth-order valence-corrected chi connectivity index (χ4v) is 4.59. The number of carboxylic acids is 1. The number of aromatic nitrogens is 1. The maximum atomic E-state index is 12.9. The first-order valence-electron chi connectivity index (χ1n) is 8.37. The Morgan fingerprint density at radius 3 is 2.75 bits per heavy atom. The van der Waals surface area contributed by atoms with Crippen LogP contribution in [0.3, 0.4) is 0 Å². The van der Waals surface area contributed by atoms with Gasteiger partial charge in [0.15, 0.2) is 6.10 Å². The lowest BCUT2D eigenvalue weighted by atomic mass is 10.1. The van der Waals surface area contributed by atoms with E-state index in [-0.39, 0.29) is 6.54 Å². The fraction of sp³-hybridized carbons (Fsp3) is 0.211. The first-order chi connectivity index (χ1) is 13.3. The Balaban J connectivity index is 1.75. The van der Waals surface area contributed by atoms with Gasteiger partial charge in [0.1, 0.15) is 16.3 Å². The zero-order valence-electron chi connectivity index (χ0n) is 14.6. The molecule has 0 saturated heterocycles. The number of anilines is 1. The van der Waals surface area contributed by atoms with Gasteiger partial charge in [0.2, 0.25) is 0 Å². The molecule has 1 aliphatic rings. The molecule has 1 N–H and O–H groups in total. The van der Waals surface area contributed by atoms with Crippen LogP contribution < -0.4 is 9.64 Å². The highest BCUT2D eigenvalue weighted by atomic mass is 35.5. The van der Waals surface area contributed by atoms with Crippen LogP contribution >= 0.6 is 34.5 Å². The van der Waals surface area contributed by atoms with Crippen LogP contribution in [0, 0.1) is 6.92 Å². The van der Waals surface area contributed by atoms with E-state index in [2.05, 4.69) is 4.98 Å². The van der Waals surface area contributed by atoms with Crippen molar-refractivity contribution in [1.29, 1.82) is 0 Å². The van der Waals surface area contributed by atoms with Crippen LogP contribution in [0.5, 0.6) is 5.75 Å². The van der Waals surface area contributed by atoms with E-state index in [0.717, 1.165) is 10.3 Å². The van der Waals surface area contributed by atoms with Crippen molar-refractivity contribution in [3.8, 4) is 5.75 Å². The number of ether oxygens (including phenoxy) is 1. The monoisotopic (exact) mass is 436 g/mol. The molecule has 28 heavy (non-hydrogen) atoms. The van der Waals surface area contributed by atoms with Gasteiger partial charge in [-0.3, -0.25) is 14.5 Å². The number of thiazole rings is 1. The highest BCUT2D eigenvalue weighted by Gasteiger charge is 2.36. The molecule has 6 nitrogen and oxygen atoms in total. The van der Waals surface area contributed by atoms with Crippen molar-refractivity contribution in [2.45, 2.75) is 26.0 Å². The first-order valence-corrected chi connectivity index (χ1v) is 9.94. The van der Waals surface area contributed by atoms with Crippen LogP contribution in [0.2, 0.25) is 10.0 Å². The lowest BCUT2D eigenvalue weighted by Gasteiger charge is -2.33. The van der Waals surface area contributed by atoms with E-state index >= 15 is 0 Å². The quantitative estimate of drug-likeness (QED) is 0.641. The lowest BCUT2D eigenvalue weighted by molar-refractivity contribution is -0.142. The molecule has 1 unspecified atom stereocenters. The number of aliphatic carboxylic acids is 1. The Labute approximate surface area is 174 Å². The molecule has 0 fully saturated rings. The SMILES string of the molecule is Cc1ccc2c(c1)OC(CC(=O)O)C(=O)N2Cc1nc2c(Cl)ccc(Cl)c2s1. The number of hydrogen-bond acceptors (Lipinski definition) is 5. The molecule has 1 atom stereocenters. The number of nitrogens with zero attached hydrogens (tertiary/aromatic N) is 2. The highest BCUT2D eigenvalue weighted by molar-refractivity contribution is 7.19. The van der Waals surface area contributed by atoms with Gasteiger partial charge < -0.3 is 9.84 Å². The zero-order valence-corrected chi connectivity index (χ0v) is 16.9. The van der Waals surface area contributed by atoms with Crippen molar-refractivity contribution in [3.63, 3.8) is 0 Å². The summed E-state index contributed by atoms with van der Waals surface area (Å²) in [7, 11) is 0. The summed E-state index contributed by atoms with van der Waals surface area (Å²) in [6, 6.07) is 8.82. The summed E-state index contributed by atoms with van der Waals surface area (Å²) in [5.74, 6) is -1.05. The molecule has 1 amide bonds. The van der Waals surface area contributed by atoms with Crippen molar-refractivity contribution in [3.05, 3.63) is 50.9 Å². The number of amides is 1. The van der Waals surface area contributed by atoms with Crippen LogP contribution in [0.25, 0.3) is 10.2 Å². The number of carbonyl (C=O) groups is 2. The molecule has 0 bridgehead atoms. The minimum absolute atomic E-state index is 0.167. The number of carbonyl (C=O) groups excluding carboxylic acids is 1. The van der Waals surface area contributed by atoms with Gasteiger partial charge in [-0.25, -0.2) is 4.98 Å². The number of rotatable bonds is 4. The maximum absolute atomic E-state index is 12.9. The highest BCUT2D eigenvalue weighted by Crippen LogP contribution is 2.39. The molecule has 9 heteroatoms. The number of halogens is 2. The summed E-state index contributed by atoms with van der Waals surface area (Å²) < 4.78 is 6.42. The molecule has 3 aromatic rings. The Bertz CT molecular complexity index is 1080. The van der Waals surface area contributed by atoms with Gasteiger partial charge in [0.25, 0.3) is 5.91 Å². The van der Waals surface area contributed by atoms with Crippen molar-refractivity contribution < 1.29 is 19.4 Å². The molecular formula is C19H14Cl2N2O4S. The minimum atomic E-state index is -1.10. The molecule has 4 rings (SSSR count). The molecule has 0 aliphatic carbocycles. The van der Waals surface area contributed by atoms with Crippen molar-refractivity contribution >= 4 is 62.3 Å². The largest absolute Gasteiger partial charge is 0.481 e. The third kappa shape index (κ3) is 3.41. The molecule has 2 aromatic carbocycles. The Kier molecular flexibility index (Phi) is 4.91. The molecule has 1 aliphatic heterocycles. The second-order valence-corrected chi connectivity index (χ2v) is 8.31. The number of carboxylic acid groups (broad SMARTS) is 1. The maximum Gasteiger partial charge on any atom is 0.307 e. The molecule has 0 radical (unpaired) electrons. The van der Waals surface area contributed by atoms with Gasteiger partial charge in [0, 0.05) is 0 Å². The van der Waals surface area contributed by atoms with Crippen LogP contribution in [0.4, 0.5) is 5.69 Å². The summed E-state index contributed by atoms with van der Waals surface area (Å²) >= 11 is 13.8. The summed E-state index contributed by atoms with van der Waals surface area (Å²) in [6.45, 7) is 2.06. The topological polar surface area (TPSA) is 79.7 Å². The third-order valence-electron chi connectivity index (χ3n) is 4.36. The van der Waals surface area contributed by atoms with Crippen LogP contribution in [0.15, 0.2) is 30.3 Å². The van der Waals surface area contributed by atoms with Crippen LogP contribution in [-0.2, 0) is 16.1 Å². The molecular weight excluding hydrogens is 423 g/mol. The molecule has 1 aromatic heterocycles. The van der Waals surface area contributed by atoms with Crippen LogP contribution in [0.1, 0.15) is 17.0 Å². The van der Waals surface area contributed by atoms with Crippen molar-refractivity contribution in [2.75, 3.05) is 4.90 Å². The first kappa shape index (κ1) is 19.0. The Morgan fingerprint density at radius 2 is 2.04 bits per heavy atom. The van der Waals surface area contributed by atoms with Gasteiger partial charge in [-0.2, -0.15) is 0 Å². The summed E-state index contributed by atoms with van der Waals surface area (Å²) in [5.41, 5.74) is 2.11. The summed E-state index contributed by atoms with van der Waals surface area (Å²) in [5, 5.41) is 10.8.